The molecule has 0 radical (unpaired) electrons. The second kappa shape index (κ2) is 5.55. The maximum atomic E-state index is 5.55. The molecule has 0 aliphatic rings. The van der Waals surface area contributed by atoms with E-state index in [9.17, 15) is 0 Å². The molecule has 0 amide bonds. The summed E-state index contributed by atoms with van der Waals surface area (Å²) in [6.45, 7) is 2.10. The summed E-state index contributed by atoms with van der Waals surface area (Å²) >= 11 is 4.89. The van der Waals surface area contributed by atoms with E-state index in [1.54, 1.807) is 12.3 Å². The van der Waals surface area contributed by atoms with E-state index in [4.69, 9.17) is 18.0 Å². The fourth-order valence-electron chi connectivity index (χ4n) is 1.63. The quantitative estimate of drug-likeness (QED) is 0.825. The number of hydrogen-bond acceptors (Lipinski definition) is 4. The zero-order valence-electron chi connectivity index (χ0n) is 10.1. The minimum absolute atomic E-state index is 0.268. The van der Waals surface area contributed by atoms with E-state index in [1.165, 1.54) is 5.56 Å². The van der Waals surface area contributed by atoms with Gasteiger partial charge in [-0.1, -0.05) is 37.3 Å². The number of aromatic nitrogens is 2. The Morgan fingerprint density at radius 2 is 2.11 bits per heavy atom. The average Bonchev–Trinajstić information content (AvgIpc) is 2.39. The molecule has 5 heteroatoms. The van der Waals surface area contributed by atoms with Crippen LogP contribution in [0.4, 0.5) is 11.6 Å². The first kappa shape index (κ1) is 12.4. The zero-order chi connectivity index (χ0) is 13.0. The van der Waals surface area contributed by atoms with Crippen LogP contribution in [0.5, 0.6) is 0 Å². The predicted molar refractivity (Wildman–Crippen MR) is 77.0 cm³/mol. The Bertz CT molecular complexity index is 568. The highest BCUT2D eigenvalue weighted by Crippen LogP contribution is 2.18. The molecule has 0 atom stereocenters. The number of para-hydroxylation sites is 1. The van der Waals surface area contributed by atoms with E-state index in [0.29, 0.717) is 11.6 Å². The van der Waals surface area contributed by atoms with Gasteiger partial charge in [-0.2, -0.15) is 0 Å². The monoisotopic (exact) mass is 258 g/mol. The molecule has 0 saturated carbocycles. The molecular formula is C13H14N4S. The van der Waals surface area contributed by atoms with E-state index < -0.39 is 0 Å². The second-order valence-corrected chi connectivity index (χ2v) is 4.21. The molecular weight excluding hydrogens is 244 g/mol. The molecule has 0 saturated heterocycles. The van der Waals surface area contributed by atoms with Crippen molar-refractivity contribution in [1.29, 1.82) is 0 Å². The Balaban J connectivity index is 2.28. The number of thiocarbonyl (C=S) groups is 1. The van der Waals surface area contributed by atoms with Gasteiger partial charge in [-0.25, -0.2) is 9.97 Å². The standard InChI is InChI=1S/C13H14N4S/c1-2-9-5-3-4-6-10(9)16-13-15-8-7-11(17-13)12(14)18/h3-8H,2H2,1H3,(H2,14,18)(H,15,16,17). The number of anilines is 2. The van der Waals surface area contributed by atoms with E-state index in [0.717, 1.165) is 12.1 Å². The van der Waals surface area contributed by atoms with Crippen LogP contribution in [-0.4, -0.2) is 15.0 Å². The van der Waals surface area contributed by atoms with Crippen molar-refractivity contribution in [2.75, 3.05) is 5.32 Å². The Morgan fingerprint density at radius 1 is 1.33 bits per heavy atom. The van der Waals surface area contributed by atoms with Gasteiger partial charge < -0.3 is 11.1 Å². The van der Waals surface area contributed by atoms with Gasteiger partial charge in [0.2, 0.25) is 5.95 Å². The third-order valence-electron chi connectivity index (χ3n) is 2.55. The smallest absolute Gasteiger partial charge is 0.227 e. The second-order valence-electron chi connectivity index (χ2n) is 3.77. The first-order valence-corrected chi connectivity index (χ1v) is 6.09. The lowest BCUT2D eigenvalue weighted by Crippen LogP contribution is -2.13. The summed E-state index contributed by atoms with van der Waals surface area (Å²) in [7, 11) is 0. The lowest BCUT2D eigenvalue weighted by atomic mass is 10.1. The molecule has 0 spiro atoms. The van der Waals surface area contributed by atoms with Crippen LogP contribution >= 0.6 is 12.2 Å². The van der Waals surface area contributed by atoms with Gasteiger partial charge in [0, 0.05) is 11.9 Å². The minimum atomic E-state index is 0.268. The number of rotatable bonds is 4. The van der Waals surface area contributed by atoms with Crippen LogP contribution in [0.3, 0.4) is 0 Å². The van der Waals surface area contributed by atoms with Gasteiger partial charge in [-0.15, -0.1) is 0 Å². The van der Waals surface area contributed by atoms with Crippen LogP contribution in [0.15, 0.2) is 36.5 Å². The number of aryl methyl sites for hydroxylation is 1. The molecule has 2 aromatic rings. The molecule has 0 aliphatic heterocycles. The summed E-state index contributed by atoms with van der Waals surface area (Å²) < 4.78 is 0. The molecule has 1 heterocycles. The number of hydrogen-bond donors (Lipinski definition) is 2. The lowest BCUT2D eigenvalue weighted by molar-refractivity contribution is 1.11. The summed E-state index contributed by atoms with van der Waals surface area (Å²) in [5.74, 6) is 0.501. The predicted octanol–water partition coefficient (Wildman–Crippen LogP) is 2.42. The topological polar surface area (TPSA) is 63.8 Å². The van der Waals surface area contributed by atoms with E-state index >= 15 is 0 Å². The number of nitrogens with zero attached hydrogens (tertiary/aromatic N) is 2. The summed E-state index contributed by atoms with van der Waals surface area (Å²) in [5, 5.41) is 3.18. The molecule has 0 aliphatic carbocycles. The van der Waals surface area contributed by atoms with Crippen molar-refractivity contribution in [3.63, 3.8) is 0 Å². The summed E-state index contributed by atoms with van der Waals surface area (Å²) in [4.78, 5) is 8.68. The van der Waals surface area contributed by atoms with Crippen LogP contribution in [0, 0.1) is 0 Å². The third-order valence-corrected chi connectivity index (χ3v) is 2.76. The molecule has 0 bridgehead atoms. The van der Waals surface area contributed by atoms with Gasteiger partial charge in [-0.3, -0.25) is 0 Å². The molecule has 0 unspecified atom stereocenters. The third kappa shape index (κ3) is 2.81. The first-order chi connectivity index (χ1) is 8.70. The number of nitrogens with one attached hydrogen (secondary N) is 1. The van der Waals surface area contributed by atoms with E-state index in [-0.39, 0.29) is 4.99 Å². The van der Waals surface area contributed by atoms with E-state index in [1.807, 2.05) is 18.2 Å². The van der Waals surface area contributed by atoms with Gasteiger partial charge in [0.05, 0.1) is 0 Å². The van der Waals surface area contributed by atoms with Crippen molar-refractivity contribution >= 4 is 28.8 Å². The fourth-order valence-corrected chi connectivity index (χ4v) is 1.74. The summed E-state index contributed by atoms with van der Waals surface area (Å²) in [6.07, 6.45) is 2.58. The molecule has 0 fully saturated rings. The highest BCUT2D eigenvalue weighted by Gasteiger charge is 2.04. The normalized spacial score (nSPS) is 10.1. The molecule has 1 aromatic carbocycles. The van der Waals surface area contributed by atoms with Crippen LogP contribution in [-0.2, 0) is 6.42 Å². The number of nitrogens with two attached hydrogens (primary N) is 1. The Morgan fingerprint density at radius 3 is 2.83 bits per heavy atom. The van der Waals surface area contributed by atoms with Crippen LogP contribution < -0.4 is 11.1 Å². The Hall–Kier alpha value is -2.01. The van der Waals surface area contributed by atoms with Crippen molar-refractivity contribution in [1.82, 2.24) is 9.97 Å². The average molecular weight is 258 g/mol. The molecule has 1 aromatic heterocycles. The maximum absolute atomic E-state index is 5.55. The SMILES string of the molecule is CCc1ccccc1Nc1nccc(C(N)=S)n1. The molecule has 4 nitrogen and oxygen atoms in total. The van der Waals surface area contributed by atoms with Gasteiger partial charge in [0.25, 0.3) is 0 Å². The van der Waals surface area contributed by atoms with Crippen molar-refractivity contribution in [3.05, 3.63) is 47.8 Å². The van der Waals surface area contributed by atoms with Crippen LogP contribution in [0.1, 0.15) is 18.2 Å². The summed E-state index contributed by atoms with van der Waals surface area (Å²) in [5.41, 5.74) is 8.32. The Labute approximate surface area is 111 Å². The van der Waals surface area contributed by atoms with Crippen molar-refractivity contribution in [2.24, 2.45) is 5.73 Å². The molecule has 92 valence electrons. The van der Waals surface area contributed by atoms with E-state index in [2.05, 4.69) is 28.3 Å². The highest BCUT2D eigenvalue weighted by atomic mass is 32.1. The Kier molecular flexibility index (Phi) is 3.84. The number of benzene rings is 1. The van der Waals surface area contributed by atoms with Crippen LogP contribution in [0.2, 0.25) is 0 Å². The minimum Gasteiger partial charge on any atom is -0.388 e. The molecule has 3 N–H and O–H groups in total. The van der Waals surface area contributed by atoms with Crippen molar-refractivity contribution in [2.45, 2.75) is 13.3 Å². The zero-order valence-corrected chi connectivity index (χ0v) is 10.9. The fraction of sp³-hybridized carbons (Fsp3) is 0.154. The lowest BCUT2D eigenvalue weighted by Gasteiger charge is -2.09. The first-order valence-electron chi connectivity index (χ1n) is 5.68. The van der Waals surface area contributed by atoms with Gasteiger partial charge in [0.1, 0.15) is 10.7 Å². The largest absolute Gasteiger partial charge is 0.388 e. The van der Waals surface area contributed by atoms with Crippen molar-refractivity contribution in [3.8, 4) is 0 Å². The summed E-state index contributed by atoms with van der Waals surface area (Å²) in [6, 6.07) is 9.74. The van der Waals surface area contributed by atoms with Gasteiger partial charge in [0.15, 0.2) is 0 Å². The van der Waals surface area contributed by atoms with Crippen molar-refractivity contribution < 1.29 is 0 Å². The van der Waals surface area contributed by atoms with Gasteiger partial charge in [-0.05, 0) is 24.1 Å². The molecule has 2 rings (SSSR count). The highest BCUT2D eigenvalue weighted by molar-refractivity contribution is 7.80. The maximum Gasteiger partial charge on any atom is 0.227 e. The molecule has 18 heavy (non-hydrogen) atoms. The van der Waals surface area contributed by atoms with Gasteiger partial charge >= 0.3 is 0 Å². The van der Waals surface area contributed by atoms with Crippen LogP contribution in [0.25, 0.3) is 0 Å².